The van der Waals surface area contributed by atoms with Gasteiger partial charge in [-0.1, -0.05) is 36.8 Å². The van der Waals surface area contributed by atoms with E-state index in [2.05, 4.69) is 29.2 Å². The first kappa shape index (κ1) is 18.9. The lowest BCUT2D eigenvalue weighted by molar-refractivity contribution is -0.141. The zero-order valence-corrected chi connectivity index (χ0v) is 16.4. The molecule has 1 heterocycles. The summed E-state index contributed by atoms with van der Waals surface area (Å²) in [6.07, 6.45) is 8.99. The van der Waals surface area contributed by atoms with Gasteiger partial charge in [0, 0.05) is 25.0 Å². The fourth-order valence-corrected chi connectivity index (χ4v) is 5.48. The summed E-state index contributed by atoms with van der Waals surface area (Å²) in [4.78, 5) is 15.1. The molecule has 1 aromatic rings. The Morgan fingerprint density at radius 3 is 2.37 bits per heavy atom. The molecule has 4 rings (SSSR count). The Morgan fingerprint density at radius 2 is 1.70 bits per heavy atom. The van der Waals surface area contributed by atoms with Crippen LogP contribution in [0.15, 0.2) is 30.3 Å². The molecule has 2 saturated carbocycles. The molecule has 2 atom stereocenters. The summed E-state index contributed by atoms with van der Waals surface area (Å²) < 4.78 is 6.08. The van der Waals surface area contributed by atoms with Gasteiger partial charge in [0.2, 0.25) is 5.91 Å². The Hall–Kier alpha value is -1.39. The van der Waals surface area contributed by atoms with Gasteiger partial charge >= 0.3 is 0 Å². The maximum absolute atomic E-state index is 13.0. The second-order valence-electron chi connectivity index (χ2n) is 8.83. The van der Waals surface area contributed by atoms with Gasteiger partial charge in [0.05, 0.1) is 12.7 Å². The van der Waals surface area contributed by atoms with Crippen molar-refractivity contribution in [2.45, 2.75) is 63.5 Å². The Balaban J connectivity index is 1.20. The number of nitrogens with zero attached hydrogens (tertiary/aromatic N) is 1. The number of likely N-dealkylation sites (tertiary alicyclic amines) is 1. The predicted molar refractivity (Wildman–Crippen MR) is 107 cm³/mol. The SMILES string of the molecule is NC1C2CCCC1CC(C(=O)N1CCC(OCCc3ccccc3)CC1)C2. The number of benzene rings is 1. The van der Waals surface area contributed by atoms with E-state index in [1.54, 1.807) is 0 Å². The second-order valence-corrected chi connectivity index (χ2v) is 8.83. The van der Waals surface area contributed by atoms with Crippen LogP contribution >= 0.6 is 0 Å². The number of nitrogens with two attached hydrogens (primary N) is 1. The van der Waals surface area contributed by atoms with Crippen molar-refractivity contribution in [2.75, 3.05) is 19.7 Å². The van der Waals surface area contributed by atoms with E-state index in [0.717, 1.165) is 51.8 Å². The lowest BCUT2D eigenvalue weighted by Gasteiger charge is -2.45. The van der Waals surface area contributed by atoms with Crippen LogP contribution in [0.5, 0.6) is 0 Å². The lowest BCUT2D eigenvalue weighted by Crippen LogP contribution is -2.51. The van der Waals surface area contributed by atoms with Gasteiger partial charge in [-0.05, 0) is 62.3 Å². The van der Waals surface area contributed by atoms with Gasteiger partial charge in [-0.15, -0.1) is 0 Å². The number of carbonyl (C=O) groups excluding carboxylic acids is 1. The molecular formula is C23H34N2O2. The highest BCUT2D eigenvalue weighted by atomic mass is 16.5. The third-order valence-electron chi connectivity index (χ3n) is 7.10. The molecule has 1 amide bonds. The van der Waals surface area contributed by atoms with E-state index >= 15 is 0 Å². The highest BCUT2D eigenvalue weighted by Gasteiger charge is 2.42. The second kappa shape index (κ2) is 8.74. The zero-order valence-electron chi connectivity index (χ0n) is 16.4. The largest absolute Gasteiger partial charge is 0.378 e. The van der Waals surface area contributed by atoms with Crippen molar-refractivity contribution in [3.63, 3.8) is 0 Å². The molecule has 0 aromatic heterocycles. The molecule has 3 aliphatic rings. The third-order valence-corrected chi connectivity index (χ3v) is 7.10. The highest BCUT2D eigenvalue weighted by Crippen LogP contribution is 2.42. The van der Waals surface area contributed by atoms with E-state index in [1.165, 1.54) is 24.8 Å². The third kappa shape index (κ3) is 4.55. The maximum Gasteiger partial charge on any atom is 0.225 e. The molecule has 0 radical (unpaired) electrons. The summed E-state index contributed by atoms with van der Waals surface area (Å²) in [5.41, 5.74) is 7.72. The van der Waals surface area contributed by atoms with Gasteiger partial charge in [-0.2, -0.15) is 0 Å². The maximum atomic E-state index is 13.0. The zero-order chi connectivity index (χ0) is 18.6. The summed E-state index contributed by atoms with van der Waals surface area (Å²) in [7, 11) is 0. The first-order chi connectivity index (χ1) is 13.2. The molecule has 1 saturated heterocycles. The summed E-state index contributed by atoms with van der Waals surface area (Å²) in [6, 6.07) is 10.8. The van der Waals surface area contributed by atoms with Crippen molar-refractivity contribution in [3.8, 4) is 0 Å². The molecule has 1 aliphatic heterocycles. The molecule has 0 spiro atoms. The molecular weight excluding hydrogens is 336 g/mol. The molecule has 4 heteroatoms. The van der Waals surface area contributed by atoms with E-state index < -0.39 is 0 Å². The van der Waals surface area contributed by atoms with Crippen LogP contribution < -0.4 is 5.73 Å². The quantitative estimate of drug-likeness (QED) is 0.864. The molecule has 2 bridgehead atoms. The Bertz CT molecular complexity index is 598. The van der Waals surface area contributed by atoms with Crippen molar-refractivity contribution in [2.24, 2.45) is 23.5 Å². The van der Waals surface area contributed by atoms with Crippen LogP contribution in [0.1, 0.15) is 50.5 Å². The molecule has 1 aromatic carbocycles. The van der Waals surface area contributed by atoms with Gasteiger partial charge in [0.25, 0.3) is 0 Å². The minimum absolute atomic E-state index is 0.218. The fourth-order valence-electron chi connectivity index (χ4n) is 5.48. The van der Waals surface area contributed by atoms with Crippen LogP contribution in [0, 0.1) is 17.8 Å². The van der Waals surface area contributed by atoms with Crippen molar-refractivity contribution in [1.29, 1.82) is 0 Å². The van der Waals surface area contributed by atoms with Crippen LogP contribution in [0.25, 0.3) is 0 Å². The first-order valence-electron chi connectivity index (χ1n) is 10.9. The van der Waals surface area contributed by atoms with E-state index in [1.807, 2.05) is 6.07 Å². The Labute approximate surface area is 163 Å². The highest BCUT2D eigenvalue weighted by molar-refractivity contribution is 5.79. The van der Waals surface area contributed by atoms with Gasteiger partial charge < -0.3 is 15.4 Å². The van der Waals surface area contributed by atoms with Crippen LogP contribution in [0.3, 0.4) is 0 Å². The average Bonchev–Trinajstić information content (AvgIpc) is 2.69. The number of ether oxygens (including phenoxy) is 1. The van der Waals surface area contributed by atoms with Gasteiger partial charge in [-0.3, -0.25) is 4.79 Å². The summed E-state index contributed by atoms with van der Waals surface area (Å²) in [5, 5.41) is 0. The number of hydrogen-bond acceptors (Lipinski definition) is 3. The number of fused-ring (bicyclic) bond motifs is 2. The van der Waals surface area contributed by atoms with Crippen molar-refractivity contribution >= 4 is 5.91 Å². The molecule has 2 N–H and O–H groups in total. The topological polar surface area (TPSA) is 55.6 Å². The Morgan fingerprint density at radius 1 is 1.04 bits per heavy atom. The summed E-state index contributed by atoms with van der Waals surface area (Å²) >= 11 is 0. The van der Waals surface area contributed by atoms with Crippen LogP contribution in [-0.2, 0) is 16.0 Å². The van der Waals surface area contributed by atoms with Crippen LogP contribution in [0.4, 0.5) is 0 Å². The fraction of sp³-hybridized carbons (Fsp3) is 0.696. The van der Waals surface area contributed by atoms with E-state index in [0.29, 0.717) is 29.9 Å². The monoisotopic (exact) mass is 370 g/mol. The van der Waals surface area contributed by atoms with Crippen molar-refractivity contribution in [1.82, 2.24) is 4.90 Å². The Kier molecular flexibility index (Phi) is 6.14. The molecule has 27 heavy (non-hydrogen) atoms. The average molecular weight is 371 g/mol. The number of amides is 1. The van der Waals surface area contributed by atoms with Crippen LogP contribution in [-0.4, -0.2) is 42.6 Å². The number of rotatable bonds is 5. The molecule has 4 nitrogen and oxygen atoms in total. The van der Waals surface area contributed by atoms with Crippen molar-refractivity contribution in [3.05, 3.63) is 35.9 Å². The summed E-state index contributed by atoms with van der Waals surface area (Å²) in [5.74, 6) is 1.76. The van der Waals surface area contributed by atoms with E-state index in [4.69, 9.17) is 10.5 Å². The lowest BCUT2D eigenvalue weighted by atomic mass is 9.65. The molecule has 2 unspecified atom stereocenters. The molecule has 2 aliphatic carbocycles. The van der Waals surface area contributed by atoms with E-state index in [9.17, 15) is 4.79 Å². The molecule has 3 fully saturated rings. The smallest absolute Gasteiger partial charge is 0.225 e. The van der Waals surface area contributed by atoms with E-state index in [-0.39, 0.29) is 5.92 Å². The first-order valence-corrected chi connectivity index (χ1v) is 10.9. The number of carbonyl (C=O) groups is 1. The van der Waals surface area contributed by atoms with Gasteiger partial charge in [0.1, 0.15) is 0 Å². The normalized spacial score (nSPS) is 31.7. The minimum atomic E-state index is 0.218. The van der Waals surface area contributed by atoms with Crippen LogP contribution in [0.2, 0.25) is 0 Å². The summed E-state index contributed by atoms with van der Waals surface area (Å²) in [6.45, 7) is 2.48. The predicted octanol–water partition coefficient (Wildman–Crippen LogP) is 3.39. The minimum Gasteiger partial charge on any atom is -0.378 e. The molecule has 148 valence electrons. The number of piperidine rings is 1. The van der Waals surface area contributed by atoms with Gasteiger partial charge in [0.15, 0.2) is 0 Å². The van der Waals surface area contributed by atoms with Gasteiger partial charge in [-0.25, -0.2) is 0 Å². The standard InChI is InChI=1S/C23H34N2O2/c24-22-18-7-4-8-19(22)16-20(15-18)23(26)25-12-9-21(10-13-25)27-14-11-17-5-2-1-3-6-17/h1-3,5-6,18-22H,4,7-16,24H2. The number of hydrogen-bond donors (Lipinski definition) is 1. The van der Waals surface area contributed by atoms with Crippen molar-refractivity contribution < 1.29 is 9.53 Å².